The molecule has 0 spiro atoms. The van der Waals surface area contributed by atoms with Crippen molar-refractivity contribution in [2.75, 3.05) is 0 Å². The zero-order chi connectivity index (χ0) is 21.4. The van der Waals surface area contributed by atoms with Crippen LogP contribution in [0.15, 0.2) is 92.5 Å². The van der Waals surface area contributed by atoms with Crippen molar-refractivity contribution in [2.45, 2.75) is 19.3 Å². The number of benzene rings is 3. The van der Waals surface area contributed by atoms with Gasteiger partial charge >= 0.3 is 5.97 Å². The van der Waals surface area contributed by atoms with E-state index in [4.69, 9.17) is 14.2 Å². The summed E-state index contributed by atoms with van der Waals surface area (Å²) >= 11 is 0. The first-order valence-corrected chi connectivity index (χ1v) is 9.84. The van der Waals surface area contributed by atoms with Gasteiger partial charge in [-0.3, -0.25) is 0 Å². The van der Waals surface area contributed by atoms with E-state index in [0.717, 1.165) is 16.7 Å². The highest BCUT2D eigenvalue weighted by atomic mass is 16.9. The molecule has 0 bridgehead atoms. The van der Waals surface area contributed by atoms with Gasteiger partial charge in [-0.15, -0.1) is 0 Å². The maximum absolute atomic E-state index is 6.25. The third-order valence-electron chi connectivity index (χ3n) is 4.60. The first kappa shape index (κ1) is 21.0. The molecule has 0 heterocycles. The topological polar surface area (TPSA) is 27.7 Å². The van der Waals surface area contributed by atoms with Gasteiger partial charge < -0.3 is 14.2 Å². The lowest BCUT2D eigenvalue weighted by molar-refractivity contribution is -0.253. The van der Waals surface area contributed by atoms with Crippen LogP contribution in [0.2, 0.25) is 0 Å². The van der Waals surface area contributed by atoms with Crippen LogP contribution in [0.4, 0.5) is 0 Å². The van der Waals surface area contributed by atoms with E-state index in [0.29, 0.717) is 23.7 Å². The van der Waals surface area contributed by atoms with Crippen molar-refractivity contribution in [3.05, 3.63) is 109 Å². The molecule has 3 aromatic rings. The standard InChI is InChI=1S/C27H26O3/c1-5-21-9-15-24(16-10-21)28-27(8-4,29-25-17-11-22(6-2)12-18-25)30-26-19-13-23(7-3)14-20-26/h5-7,9-20H,1-3,8H2,4H3. The molecule has 3 nitrogen and oxygen atoms in total. The van der Waals surface area contributed by atoms with Gasteiger partial charge in [0, 0.05) is 0 Å². The Morgan fingerprint density at radius 1 is 0.567 bits per heavy atom. The second-order valence-electron chi connectivity index (χ2n) is 6.66. The summed E-state index contributed by atoms with van der Waals surface area (Å²) in [5.74, 6) is 0.551. The molecule has 3 heteroatoms. The minimum Gasteiger partial charge on any atom is -0.421 e. The molecule has 0 unspecified atom stereocenters. The molecule has 0 fully saturated rings. The number of hydrogen-bond donors (Lipinski definition) is 0. The Hall–Kier alpha value is -3.72. The Morgan fingerprint density at radius 3 is 1.03 bits per heavy atom. The van der Waals surface area contributed by atoms with E-state index in [2.05, 4.69) is 19.7 Å². The highest BCUT2D eigenvalue weighted by Gasteiger charge is 2.36. The second kappa shape index (κ2) is 9.66. The summed E-state index contributed by atoms with van der Waals surface area (Å²) in [5, 5.41) is 0. The fraction of sp³-hybridized carbons (Fsp3) is 0.111. The second-order valence-corrected chi connectivity index (χ2v) is 6.66. The van der Waals surface area contributed by atoms with Crippen LogP contribution in [-0.4, -0.2) is 5.97 Å². The van der Waals surface area contributed by atoms with Gasteiger partial charge in [0.25, 0.3) is 0 Å². The van der Waals surface area contributed by atoms with Crippen LogP contribution in [0.5, 0.6) is 17.2 Å². The minimum atomic E-state index is -1.35. The lowest BCUT2D eigenvalue weighted by Crippen LogP contribution is -2.47. The molecule has 0 amide bonds. The Labute approximate surface area is 178 Å². The smallest absolute Gasteiger partial charge is 0.416 e. The monoisotopic (exact) mass is 398 g/mol. The van der Waals surface area contributed by atoms with Crippen molar-refractivity contribution in [3.63, 3.8) is 0 Å². The average molecular weight is 399 g/mol. The third kappa shape index (κ3) is 5.21. The maximum Gasteiger partial charge on any atom is 0.416 e. The molecule has 152 valence electrons. The Kier molecular flexibility index (Phi) is 6.76. The van der Waals surface area contributed by atoms with Crippen LogP contribution in [0.3, 0.4) is 0 Å². The molecule has 0 aliphatic heterocycles. The Morgan fingerprint density at radius 2 is 0.833 bits per heavy atom. The van der Waals surface area contributed by atoms with Gasteiger partial charge in [-0.1, -0.05) is 81.3 Å². The van der Waals surface area contributed by atoms with Crippen LogP contribution >= 0.6 is 0 Å². The van der Waals surface area contributed by atoms with Gasteiger partial charge in [0.05, 0.1) is 6.42 Å². The first-order chi connectivity index (χ1) is 14.6. The predicted molar refractivity (Wildman–Crippen MR) is 125 cm³/mol. The average Bonchev–Trinajstić information content (AvgIpc) is 2.80. The van der Waals surface area contributed by atoms with Crippen molar-refractivity contribution in [1.29, 1.82) is 0 Å². The summed E-state index contributed by atoms with van der Waals surface area (Å²) < 4.78 is 18.8. The van der Waals surface area contributed by atoms with E-state index in [1.807, 2.05) is 79.7 Å². The van der Waals surface area contributed by atoms with Crippen LogP contribution in [0, 0.1) is 0 Å². The van der Waals surface area contributed by atoms with Gasteiger partial charge in [-0.05, 0) is 53.1 Å². The SMILES string of the molecule is C=Cc1ccc(OC(CC)(Oc2ccc(C=C)cc2)Oc2ccc(C=C)cc2)cc1. The predicted octanol–water partition coefficient (Wildman–Crippen LogP) is 7.22. The van der Waals surface area contributed by atoms with E-state index in [9.17, 15) is 0 Å². The summed E-state index contributed by atoms with van der Waals surface area (Å²) in [6.45, 7) is 13.3. The molecule has 0 saturated heterocycles. The van der Waals surface area contributed by atoms with Crippen molar-refractivity contribution >= 4 is 18.2 Å². The van der Waals surface area contributed by atoms with Gasteiger partial charge in [-0.2, -0.15) is 0 Å². The molecule has 0 atom stereocenters. The van der Waals surface area contributed by atoms with Crippen molar-refractivity contribution in [3.8, 4) is 17.2 Å². The number of hydrogen-bond acceptors (Lipinski definition) is 3. The molecule has 3 aromatic carbocycles. The van der Waals surface area contributed by atoms with E-state index >= 15 is 0 Å². The van der Waals surface area contributed by atoms with Crippen LogP contribution in [0.25, 0.3) is 18.2 Å². The molecular formula is C27H26O3. The number of rotatable bonds is 10. The Balaban J connectivity index is 1.93. The molecule has 30 heavy (non-hydrogen) atoms. The molecule has 0 aliphatic carbocycles. The molecular weight excluding hydrogens is 372 g/mol. The van der Waals surface area contributed by atoms with E-state index in [1.54, 1.807) is 18.2 Å². The van der Waals surface area contributed by atoms with Gasteiger partial charge in [-0.25, -0.2) is 0 Å². The highest BCUT2D eigenvalue weighted by molar-refractivity contribution is 5.50. The Bertz CT molecular complexity index is 854. The van der Waals surface area contributed by atoms with Crippen molar-refractivity contribution in [1.82, 2.24) is 0 Å². The summed E-state index contributed by atoms with van der Waals surface area (Å²) in [6, 6.07) is 22.8. The van der Waals surface area contributed by atoms with Crippen LogP contribution in [-0.2, 0) is 0 Å². The van der Waals surface area contributed by atoms with Crippen LogP contribution in [0.1, 0.15) is 30.0 Å². The van der Waals surface area contributed by atoms with Crippen molar-refractivity contribution in [2.24, 2.45) is 0 Å². The largest absolute Gasteiger partial charge is 0.421 e. The summed E-state index contributed by atoms with van der Waals surface area (Å²) in [7, 11) is 0. The molecule has 0 N–H and O–H groups in total. The summed E-state index contributed by atoms with van der Waals surface area (Å²) in [5.41, 5.74) is 3.02. The van der Waals surface area contributed by atoms with E-state index in [1.165, 1.54) is 0 Å². The zero-order valence-electron chi connectivity index (χ0n) is 17.2. The van der Waals surface area contributed by atoms with Gasteiger partial charge in [0.2, 0.25) is 0 Å². The minimum absolute atomic E-state index is 0.447. The van der Waals surface area contributed by atoms with Crippen molar-refractivity contribution < 1.29 is 14.2 Å². The fourth-order valence-electron chi connectivity index (χ4n) is 2.83. The van der Waals surface area contributed by atoms with Crippen LogP contribution < -0.4 is 14.2 Å². The molecule has 3 rings (SSSR count). The molecule has 0 saturated carbocycles. The highest BCUT2D eigenvalue weighted by Crippen LogP contribution is 2.30. The molecule has 0 aliphatic rings. The summed E-state index contributed by atoms with van der Waals surface area (Å²) in [4.78, 5) is 0. The molecule has 0 aromatic heterocycles. The van der Waals surface area contributed by atoms with Gasteiger partial charge in [0.1, 0.15) is 17.2 Å². The zero-order valence-corrected chi connectivity index (χ0v) is 17.2. The molecule has 0 radical (unpaired) electrons. The lowest BCUT2D eigenvalue weighted by atomic mass is 10.2. The first-order valence-electron chi connectivity index (χ1n) is 9.84. The summed E-state index contributed by atoms with van der Waals surface area (Å²) in [6.07, 6.45) is 5.80. The quantitative estimate of drug-likeness (QED) is 0.338. The number of ether oxygens (including phenoxy) is 3. The third-order valence-corrected chi connectivity index (χ3v) is 4.60. The fourth-order valence-corrected chi connectivity index (χ4v) is 2.83. The van der Waals surface area contributed by atoms with E-state index < -0.39 is 5.97 Å². The lowest BCUT2D eigenvalue weighted by Gasteiger charge is -2.33. The maximum atomic E-state index is 6.25. The normalized spacial score (nSPS) is 10.7. The van der Waals surface area contributed by atoms with E-state index in [-0.39, 0.29) is 0 Å². The van der Waals surface area contributed by atoms with Gasteiger partial charge in [0.15, 0.2) is 0 Å².